The van der Waals surface area contributed by atoms with Crippen molar-refractivity contribution in [2.75, 3.05) is 6.54 Å². The number of hydrogen-bond donors (Lipinski definition) is 1. The zero-order chi connectivity index (χ0) is 14.5. The monoisotopic (exact) mass is 277 g/mol. The lowest BCUT2D eigenvalue weighted by atomic mass is 9.74. The molecule has 3 nitrogen and oxygen atoms in total. The van der Waals surface area contributed by atoms with Crippen molar-refractivity contribution in [2.24, 2.45) is 17.8 Å². The van der Waals surface area contributed by atoms with Gasteiger partial charge in [-0.25, -0.2) is 4.98 Å². The van der Waals surface area contributed by atoms with Gasteiger partial charge in [0.2, 0.25) is 0 Å². The minimum absolute atomic E-state index is 0.433. The van der Waals surface area contributed by atoms with Crippen LogP contribution in [0.4, 0.5) is 0 Å². The second kappa shape index (κ2) is 7.26. The molecule has 1 unspecified atom stereocenters. The van der Waals surface area contributed by atoms with Gasteiger partial charge in [0.25, 0.3) is 0 Å². The van der Waals surface area contributed by atoms with E-state index in [-0.39, 0.29) is 0 Å². The van der Waals surface area contributed by atoms with E-state index in [2.05, 4.69) is 48.8 Å². The second-order valence-electron chi connectivity index (χ2n) is 6.53. The molecular weight excluding hydrogens is 246 g/mol. The van der Waals surface area contributed by atoms with Crippen LogP contribution in [0.1, 0.15) is 65.2 Å². The Morgan fingerprint density at radius 1 is 1.20 bits per heavy atom. The Kier molecular flexibility index (Phi) is 5.64. The number of aromatic nitrogens is 2. The normalized spacial score (nSPS) is 25.1. The maximum Gasteiger partial charge on any atom is 0.126 e. The predicted octanol–water partition coefficient (Wildman–Crippen LogP) is 4.02. The summed E-state index contributed by atoms with van der Waals surface area (Å²) in [4.78, 5) is 4.64. The molecule has 3 heteroatoms. The highest BCUT2D eigenvalue weighted by atomic mass is 15.1. The van der Waals surface area contributed by atoms with Gasteiger partial charge in [-0.2, -0.15) is 0 Å². The third-order valence-corrected chi connectivity index (χ3v) is 5.02. The average molecular weight is 277 g/mol. The van der Waals surface area contributed by atoms with Crippen molar-refractivity contribution in [3.63, 3.8) is 0 Å². The van der Waals surface area contributed by atoms with Gasteiger partial charge in [0.15, 0.2) is 0 Å². The molecule has 0 amide bonds. The van der Waals surface area contributed by atoms with Crippen LogP contribution in [0.2, 0.25) is 0 Å². The van der Waals surface area contributed by atoms with Gasteiger partial charge in [-0.15, -0.1) is 0 Å². The molecule has 0 saturated heterocycles. The van der Waals surface area contributed by atoms with E-state index < -0.39 is 0 Å². The molecule has 0 radical (unpaired) electrons. The van der Waals surface area contributed by atoms with Gasteiger partial charge in [0.05, 0.1) is 6.04 Å². The fourth-order valence-electron chi connectivity index (χ4n) is 3.70. The first kappa shape index (κ1) is 15.6. The number of aryl methyl sites for hydroxylation is 1. The van der Waals surface area contributed by atoms with E-state index in [4.69, 9.17) is 0 Å². The van der Waals surface area contributed by atoms with Crippen molar-refractivity contribution in [1.29, 1.82) is 0 Å². The topological polar surface area (TPSA) is 29.9 Å². The lowest BCUT2D eigenvalue weighted by Gasteiger charge is -2.35. The summed E-state index contributed by atoms with van der Waals surface area (Å²) < 4.78 is 2.29. The van der Waals surface area contributed by atoms with E-state index in [1.54, 1.807) is 0 Å². The van der Waals surface area contributed by atoms with Crippen molar-refractivity contribution in [3.8, 4) is 0 Å². The zero-order valence-corrected chi connectivity index (χ0v) is 13.6. The average Bonchev–Trinajstić information content (AvgIpc) is 2.93. The van der Waals surface area contributed by atoms with Crippen molar-refractivity contribution in [2.45, 2.75) is 66.0 Å². The van der Waals surface area contributed by atoms with Gasteiger partial charge in [-0.3, -0.25) is 0 Å². The van der Waals surface area contributed by atoms with Gasteiger partial charge in [-0.05, 0) is 56.9 Å². The van der Waals surface area contributed by atoms with Gasteiger partial charge >= 0.3 is 0 Å². The molecule has 1 fully saturated rings. The maximum absolute atomic E-state index is 4.64. The van der Waals surface area contributed by atoms with E-state index in [1.165, 1.54) is 31.5 Å². The van der Waals surface area contributed by atoms with Crippen LogP contribution >= 0.6 is 0 Å². The fraction of sp³-hybridized carbons (Fsp3) is 0.824. The third kappa shape index (κ3) is 3.43. The summed E-state index contributed by atoms with van der Waals surface area (Å²) in [5.41, 5.74) is 0. The van der Waals surface area contributed by atoms with E-state index in [0.29, 0.717) is 6.04 Å². The van der Waals surface area contributed by atoms with Crippen LogP contribution in [0.3, 0.4) is 0 Å². The molecule has 1 aliphatic carbocycles. The summed E-state index contributed by atoms with van der Waals surface area (Å²) in [5.74, 6) is 3.76. The Morgan fingerprint density at radius 2 is 1.85 bits per heavy atom. The Balaban J connectivity index is 2.06. The van der Waals surface area contributed by atoms with Crippen molar-refractivity contribution in [3.05, 3.63) is 18.2 Å². The summed E-state index contributed by atoms with van der Waals surface area (Å²) in [5, 5.41) is 3.69. The summed E-state index contributed by atoms with van der Waals surface area (Å²) in [6, 6.07) is 0.433. The molecule has 1 saturated carbocycles. The molecule has 1 aliphatic rings. The molecule has 1 N–H and O–H groups in total. The van der Waals surface area contributed by atoms with Crippen molar-refractivity contribution in [1.82, 2.24) is 14.9 Å². The first-order valence-corrected chi connectivity index (χ1v) is 8.41. The molecule has 0 bridgehead atoms. The molecule has 20 heavy (non-hydrogen) atoms. The highest BCUT2D eigenvalue weighted by Gasteiger charge is 2.31. The van der Waals surface area contributed by atoms with Crippen molar-refractivity contribution < 1.29 is 0 Å². The molecular formula is C17H31N3. The number of imidazole rings is 1. The highest BCUT2D eigenvalue weighted by molar-refractivity contribution is 5.02. The number of nitrogens with zero attached hydrogens (tertiary/aromatic N) is 2. The van der Waals surface area contributed by atoms with Gasteiger partial charge in [0, 0.05) is 18.9 Å². The Labute approximate surface area is 124 Å². The highest BCUT2D eigenvalue weighted by Crippen LogP contribution is 2.38. The van der Waals surface area contributed by atoms with Crippen LogP contribution in [0.5, 0.6) is 0 Å². The van der Waals surface area contributed by atoms with E-state index in [1.807, 2.05) is 6.20 Å². The predicted molar refractivity (Wildman–Crippen MR) is 84.6 cm³/mol. The summed E-state index contributed by atoms with van der Waals surface area (Å²) >= 11 is 0. The third-order valence-electron chi connectivity index (χ3n) is 5.02. The molecule has 2 rings (SSSR count). The van der Waals surface area contributed by atoms with Crippen LogP contribution in [0.25, 0.3) is 0 Å². The van der Waals surface area contributed by atoms with Crippen LogP contribution in [-0.4, -0.2) is 16.1 Å². The van der Waals surface area contributed by atoms with E-state index >= 15 is 0 Å². The minimum atomic E-state index is 0.433. The largest absolute Gasteiger partial charge is 0.334 e. The maximum atomic E-state index is 4.64. The number of rotatable bonds is 6. The van der Waals surface area contributed by atoms with E-state index in [0.717, 1.165) is 30.8 Å². The Hall–Kier alpha value is -0.830. The molecule has 1 atom stereocenters. The zero-order valence-electron chi connectivity index (χ0n) is 13.6. The number of hydrogen-bond acceptors (Lipinski definition) is 2. The fourth-order valence-corrected chi connectivity index (χ4v) is 3.70. The first-order valence-electron chi connectivity index (χ1n) is 8.41. The molecule has 1 aromatic heterocycles. The molecule has 0 aromatic carbocycles. The summed E-state index contributed by atoms with van der Waals surface area (Å²) in [6.07, 6.45) is 9.52. The smallest absolute Gasteiger partial charge is 0.126 e. The van der Waals surface area contributed by atoms with Gasteiger partial charge < -0.3 is 9.88 Å². The van der Waals surface area contributed by atoms with Crippen LogP contribution < -0.4 is 5.32 Å². The van der Waals surface area contributed by atoms with Gasteiger partial charge in [0.1, 0.15) is 5.82 Å². The molecule has 0 aliphatic heterocycles. The van der Waals surface area contributed by atoms with Crippen LogP contribution in [0.15, 0.2) is 12.4 Å². The molecule has 1 heterocycles. The van der Waals surface area contributed by atoms with Gasteiger partial charge in [-0.1, -0.05) is 20.8 Å². The molecule has 114 valence electrons. The lowest BCUT2D eigenvalue weighted by Crippen LogP contribution is -2.33. The molecule has 1 aromatic rings. The standard InChI is InChI=1S/C17H31N3/c1-5-18-16(17-19-11-12-20(17)6-2)15-9-7-14(8-10-15)13(3)4/h11-16,18H,5-10H2,1-4H3. The lowest BCUT2D eigenvalue weighted by molar-refractivity contribution is 0.184. The minimum Gasteiger partial charge on any atom is -0.334 e. The second-order valence-corrected chi connectivity index (χ2v) is 6.53. The number of nitrogens with one attached hydrogen (secondary N) is 1. The van der Waals surface area contributed by atoms with Crippen LogP contribution in [0, 0.1) is 17.8 Å². The summed E-state index contributed by atoms with van der Waals surface area (Å²) in [6.45, 7) is 11.2. The Morgan fingerprint density at radius 3 is 2.40 bits per heavy atom. The van der Waals surface area contributed by atoms with E-state index in [9.17, 15) is 0 Å². The first-order chi connectivity index (χ1) is 9.67. The Bertz CT molecular complexity index is 389. The summed E-state index contributed by atoms with van der Waals surface area (Å²) in [7, 11) is 0. The molecule has 0 spiro atoms. The van der Waals surface area contributed by atoms with Crippen LogP contribution in [-0.2, 0) is 6.54 Å². The SMILES string of the molecule is CCNC(c1nccn1CC)C1CCC(C(C)C)CC1. The van der Waals surface area contributed by atoms with Crippen molar-refractivity contribution >= 4 is 0 Å². The quantitative estimate of drug-likeness (QED) is 0.851.